The van der Waals surface area contributed by atoms with E-state index in [-0.39, 0.29) is 0 Å². The predicted octanol–water partition coefficient (Wildman–Crippen LogP) is 1.16. The maximum absolute atomic E-state index is 3.47. The van der Waals surface area contributed by atoms with Gasteiger partial charge in [-0.3, -0.25) is 4.90 Å². The van der Waals surface area contributed by atoms with Crippen LogP contribution in [0.2, 0.25) is 0 Å². The summed E-state index contributed by atoms with van der Waals surface area (Å²) >= 11 is 0. The van der Waals surface area contributed by atoms with Gasteiger partial charge in [-0.25, -0.2) is 0 Å². The molecule has 0 amide bonds. The van der Waals surface area contributed by atoms with Crippen LogP contribution >= 0.6 is 0 Å². The summed E-state index contributed by atoms with van der Waals surface area (Å²) in [5, 5.41) is 3.47. The molecule has 0 bridgehead atoms. The van der Waals surface area contributed by atoms with Gasteiger partial charge in [-0.15, -0.1) is 0 Å². The third-order valence-electron chi connectivity index (χ3n) is 3.71. The lowest BCUT2D eigenvalue weighted by Crippen LogP contribution is -2.38. The molecule has 1 aliphatic carbocycles. The topological polar surface area (TPSA) is 18.5 Å². The van der Waals surface area contributed by atoms with E-state index in [1.807, 2.05) is 0 Å². The minimum Gasteiger partial charge on any atom is -0.315 e. The van der Waals surface area contributed by atoms with Crippen LogP contribution < -0.4 is 5.32 Å². The third kappa shape index (κ3) is 4.04. The van der Waals surface area contributed by atoms with Crippen LogP contribution in [-0.4, -0.2) is 61.7 Å². The molecule has 0 aromatic heterocycles. The van der Waals surface area contributed by atoms with Crippen molar-refractivity contribution in [1.82, 2.24) is 15.1 Å². The van der Waals surface area contributed by atoms with Crippen molar-refractivity contribution in [3.05, 3.63) is 0 Å². The summed E-state index contributed by atoms with van der Waals surface area (Å²) < 4.78 is 0. The Kier molecular flexibility index (Phi) is 5.07. The van der Waals surface area contributed by atoms with Crippen molar-refractivity contribution in [2.45, 2.75) is 38.6 Å². The standard InChI is InChI=1S/C13H27N3/c1-2-8-16(13-4-5-13)12-11-15-9-3-6-14-7-10-15/h13-14H,2-12H2,1H3. The molecule has 1 saturated carbocycles. The zero-order chi connectivity index (χ0) is 11.2. The molecular formula is C13H27N3. The van der Waals surface area contributed by atoms with E-state index in [1.54, 1.807) is 0 Å². The molecule has 1 N–H and O–H groups in total. The Morgan fingerprint density at radius 1 is 1.19 bits per heavy atom. The van der Waals surface area contributed by atoms with Gasteiger partial charge in [0.25, 0.3) is 0 Å². The third-order valence-corrected chi connectivity index (χ3v) is 3.71. The Morgan fingerprint density at radius 2 is 2.06 bits per heavy atom. The molecule has 1 saturated heterocycles. The van der Waals surface area contributed by atoms with Gasteiger partial charge < -0.3 is 10.2 Å². The normalized spacial score (nSPS) is 23.6. The number of hydrogen-bond acceptors (Lipinski definition) is 3. The summed E-state index contributed by atoms with van der Waals surface area (Å²) in [6.07, 6.45) is 5.51. The molecule has 1 aliphatic heterocycles. The second kappa shape index (κ2) is 6.58. The Morgan fingerprint density at radius 3 is 2.81 bits per heavy atom. The van der Waals surface area contributed by atoms with E-state index in [9.17, 15) is 0 Å². The monoisotopic (exact) mass is 225 g/mol. The summed E-state index contributed by atoms with van der Waals surface area (Å²) in [5.74, 6) is 0. The van der Waals surface area contributed by atoms with Gasteiger partial charge in [-0.2, -0.15) is 0 Å². The maximum Gasteiger partial charge on any atom is 0.0112 e. The zero-order valence-electron chi connectivity index (χ0n) is 10.7. The average molecular weight is 225 g/mol. The Bertz CT molecular complexity index is 184. The summed E-state index contributed by atoms with van der Waals surface area (Å²) in [6, 6.07) is 0.935. The molecule has 0 radical (unpaired) electrons. The first kappa shape index (κ1) is 12.3. The highest BCUT2D eigenvalue weighted by Gasteiger charge is 2.28. The molecule has 0 spiro atoms. The first-order chi connectivity index (χ1) is 7.90. The second-order valence-electron chi connectivity index (χ2n) is 5.21. The molecule has 0 unspecified atom stereocenters. The molecular weight excluding hydrogens is 198 g/mol. The number of hydrogen-bond donors (Lipinski definition) is 1. The average Bonchev–Trinajstić information content (AvgIpc) is 3.11. The van der Waals surface area contributed by atoms with Crippen LogP contribution in [0.3, 0.4) is 0 Å². The van der Waals surface area contributed by atoms with Gasteiger partial charge in [0.15, 0.2) is 0 Å². The maximum atomic E-state index is 3.47. The van der Waals surface area contributed by atoms with Gasteiger partial charge in [0.05, 0.1) is 0 Å². The lowest BCUT2D eigenvalue weighted by molar-refractivity contribution is 0.203. The summed E-state index contributed by atoms with van der Waals surface area (Å²) in [7, 11) is 0. The molecule has 2 fully saturated rings. The molecule has 2 rings (SSSR count). The largest absolute Gasteiger partial charge is 0.315 e. The first-order valence-electron chi connectivity index (χ1n) is 7.07. The van der Waals surface area contributed by atoms with Gasteiger partial charge in [0.1, 0.15) is 0 Å². The molecule has 0 aromatic carbocycles. The summed E-state index contributed by atoms with van der Waals surface area (Å²) in [4.78, 5) is 5.34. The highest BCUT2D eigenvalue weighted by molar-refractivity contribution is 4.84. The number of nitrogens with zero attached hydrogens (tertiary/aromatic N) is 2. The highest BCUT2D eigenvalue weighted by Crippen LogP contribution is 2.26. The quantitative estimate of drug-likeness (QED) is 0.732. The molecule has 3 heteroatoms. The van der Waals surface area contributed by atoms with Crippen molar-refractivity contribution >= 4 is 0 Å². The van der Waals surface area contributed by atoms with Crippen LogP contribution in [-0.2, 0) is 0 Å². The summed E-state index contributed by atoms with van der Waals surface area (Å²) in [5.41, 5.74) is 0. The van der Waals surface area contributed by atoms with E-state index in [1.165, 1.54) is 71.5 Å². The van der Waals surface area contributed by atoms with Crippen molar-refractivity contribution < 1.29 is 0 Å². The van der Waals surface area contributed by atoms with Gasteiger partial charge in [-0.05, 0) is 45.3 Å². The smallest absolute Gasteiger partial charge is 0.0112 e. The van der Waals surface area contributed by atoms with E-state index in [2.05, 4.69) is 22.0 Å². The predicted molar refractivity (Wildman–Crippen MR) is 68.8 cm³/mol. The van der Waals surface area contributed by atoms with Crippen molar-refractivity contribution in [1.29, 1.82) is 0 Å². The van der Waals surface area contributed by atoms with Crippen LogP contribution in [0.4, 0.5) is 0 Å². The lowest BCUT2D eigenvalue weighted by Gasteiger charge is -2.26. The van der Waals surface area contributed by atoms with Gasteiger partial charge in [0, 0.05) is 32.2 Å². The fraction of sp³-hybridized carbons (Fsp3) is 1.00. The van der Waals surface area contributed by atoms with E-state index in [4.69, 9.17) is 0 Å². The molecule has 3 nitrogen and oxygen atoms in total. The SMILES string of the molecule is CCCN(CCN1CCCNCC1)C1CC1. The number of nitrogens with one attached hydrogen (secondary N) is 1. The molecule has 94 valence electrons. The Balaban J connectivity index is 1.67. The van der Waals surface area contributed by atoms with Crippen LogP contribution in [0.1, 0.15) is 32.6 Å². The van der Waals surface area contributed by atoms with E-state index in [0.29, 0.717) is 0 Å². The van der Waals surface area contributed by atoms with Crippen LogP contribution in [0, 0.1) is 0 Å². The molecule has 1 heterocycles. The summed E-state index contributed by atoms with van der Waals surface area (Å²) in [6.45, 7) is 11.1. The minimum absolute atomic E-state index is 0.935. The van der Waals surface area contributed by atoms with Crippen molar-refractivity contribution in [3.8, 4) is 0 Å². The van der Waals surface area contributed by atoms with Crippen LogP contribution in [0.25, 0.3) is 0 Å². The van der Waals surface area contributed by atoms with Crippen molar-refractivity contribution in [2.75, 3.05) is 45.8 Å². The minimum atomic E-state index is 0.935. The van der Waals surface area contributed by atoms with E-state index in [0.717, 1.165) is 6.04 Å². The van der Waals surface area contributed by atoms with Gasteiger partial charge in [0.2, 0.25) is 0 Å². The molecule has 0 aromatic rings. The van der Waals surface area contributed by atoms with E-state index < -0.39 is 0 Å². The van der Waals surface area contributed by atoms with E-state index >= 15 is 0 Å². The first-order valence-corrected chi connectivity index (χ1v) is 7.07. The van der Waals surface area contributed by atoms with Gasteiger partial charge >= 0.3 is 0 Å². The molecule has 0 atom stereocenters. The lowest BCUT2D eigenvalue weighted by atomic mass is 10.3. The zero-order valence-corrected chi connectivity index (χ0v) is 10.7. The van der Waals surface area contributed by atoms with Crippen LogP contribution in [0.5, 0.6) is 0 Å². The molecule has 16 heavy (non-hydrogen) atoms. The van der Waals surface area contributed by atoms with Crippen molar-refractivity contribution in [3.63, 3.8) is 0 Å². The fourth-order valence-corrected chi connectivity index (χ4v) is 2.60. The second-order valence-corrected chi connectivity index (χ2v) is 5.21. The van der Waals surface area contributed by atoms with Crippen LogP contribution in [0.15, 0.2) is 0 Å². The Hall–Kier alpha value is -0.120. The Labute approximate surface area is 100 Å². The molecule has 2 aliphatic rings. The highest BCUT2D eigenvalue weighted by atomic mass is 15.2. The number of rotatable bonds is 6. The fourth-order valence-electron chi connectivity index (χ4n) is 2.60. The van der Waals surface area contributed by atoms with Crippen molar-refractivity contribution in [2.24, 2.45) is 0 Å². The van der Waals surface area contributed by atoms with Gasteiger partial charge in [-0.1, -0.05) is 6.92 Å².